The van der Waals surface area contributed by atoms with Crippen LogP contribution in [0.1, 0.15) is 109 Å². The van der Waals surface area contributed by atoms with Gasteiger partial charge in [0.15, 0.2) is 29.7 Å². The quantitative estimate of drug-likeness (QED) is 0.203. The first-order valence-corrected chi connectivity index (χ1v) is 18.1. The van der Waals surface area contributed by atoms with Gasteiger partial charge in [0.2, 0.25) is 0 Å². The third-order valence-corrected chi connectivity index (χ3v) is 10.3. The molecule has 15 nitrogen and oxygen atoms in total. The Labute approximate surface area is 310 Å². The third kappa shape index (κ3) is 9.10. The first kappa shape index (κ1) is 43.6. The molecule has 11 atom stereocenters. The predicted octanol–water partition coefficient (Wildman–Crippen LogP) is 3.48. The summed E-state index contributed by atoms with van der Waals surface area (Å²) in [6.45, 7) is 17.1. The van der Waals surface area contributed by atoms with Crippen LogP contribution in [0.4, 0.5) is 0 Å². The maximum absolute atomic E-state index is 15.0. The molecule has 3 rings (SSSR count). The molecule has 2 fully saturated rings. The van der Waals surface area contributed by atoms with Crippen molar-refractivity contribution in [3.8, 4) is 0 Å². The maximum atomic E-state index is 15.0. The molecule has 298 valence electrons. The lowest BCUT2D eigenvalue weighted by molar-refractivity contribution is -0.287. The summed E-state index contributed by atoms with van der Waals surface area (Å²) in [5, 5.41) is 12.1. The van der Waals surface area contributed by atoms with Crippen LogP contribution in [0, 0.1) is 23.2 Å². The number of Topliss-reactive ketones (excluding diaryl/α,β-unsaturated/α-hetero) is 1. The van der Waals surface area contributed by atoms with Crippen molar-refractivity contribution in [2.24, 2.45) is 23.2 Å². The molecule has 0 aromatic carbocycles. The molecule has 2 aliphatic carbocycles. The number of hydrogen-bond acceptors (Lipinski definition) is 15. The number of allylic oxidation sites excluding steroid dienone is 1. The fourth-order valence-electron chi connectivity index (χ4n) is 7.86. The van der Waals surface area contributed by atoms with E-state index in [0.29, 0.717) is 6.42 Å². The number of esters is 6. The van der Waals surface area contributed by atoms with E-state index in [1.165, 1.54) is 19.9 Å². The highest BCUT2D eigenvalue weighted by atomic mass is 16.6. The summed E-state index contributed by atoms with van der Waals surface area (Å²) in [5.74, 6) is -9.35. The monoisotopic (exact) mass is 752 g/mol. The molecule has 53 heavy (non-hydrogen) atoms. The van der Waals surface area contributed by atoms with Gasteiger partial charge in [-0.25, -0.2) is 0 Å². The summed E-state index contributed by atoms with van der Waals surface area (Å²) < 4.78 is 43.0. The molecule has 0 spiro atoms. The molecule has 0 aromatic heterocycles. The van der Waals surface area contributed by atoms with Gasteiger partial charge in [-0.15, -0.1) is 0 Å². The zero-order valence-electron chi connectivity index (χ0n) is 32.8. The van der Waals surface area contributed by atoms with Crippen molar-refractivity contribution >= 4 is 41.6 Å². The van der Waals surface area contributed by atoms with Crippen molar-refractivity contribution in [2.75, 3.05) is 0 Å². The molecule has 15 heteroatoms. The van der Waals surface area contributed by atoms with Gasteiger partial charge in [0.25, 0.3) is 0 Å². The van der Waals surface area contributed by atoms with Gasteiger partial charge in [-0.3, -0.25) is 33.6 Å². The van der Waals surface area contributed by atoms with E-state index >= 15 is 0 Å². The lowest BCUT2D eigenvalue weighted by Gasteiger charge is -2.54. The van der Waals surface area contributed by atoms with Crippen LogP contribution < -0.4 is 0 Å². The highest BCUT2D eigenvalue weighted by Crippen LogP contribution is 2.56. The number of aliphatic hydroxyl groups is 1. The minimum atomic E-state index is -2.34. The Balaban J connectivity index is 2.72. The van der Waals surface area contributed by atoms with Gasteiger partial charge < -0.3 is 38.3 Å². The topological polar surface area (TPSA) is 204 Å². The molecule has 1 N–H and O–H groups in total. The number of ether oxygens (including phenoxy) is 7. The molecule has 0 bridgehead atoms. The normalized spacial score (nSPS) is 36.6. The van der Waals surface area contributed by atoms with E-state index in [1.54, 1.807) is 47.6 Å². The zero-order chi connectivity index (χ0) is 40.4. The number of carbonyl (C=O) groups excluding carboxylic acids is 7. The largest absolute Gasteiger partial charge is 0.459 e. The van der Waals surface area contributed by atoms with E-state index in [9.17, 15) is 38.7 Å². The molecule has 1 unspecified atom stereocenters. The number of rotatable bonds is 9. The third-order valence-electron chi connectivity index (χ3n) is 10.3. The lowest BCUT2D eigenvalue weighted by atomic mass is 9.66. The Bertz CT molecular complexity index is 1480. The summed E-state index contributed by atoms with van der Waals surface area (Å²) in [6.07, 6.45) is -6.92. The van der Waals surface area contributed by atoms with Crippen LogP contribution in [-0.2, 0) is 66.7 Å². The van der Waals surface area contributed by atoms with Crippen LogP contribution in [0.3, 0.4) is 0 Å². The second kappa shape index (κ2) is 16.3. The smallest absolute Gasteiger partial charge is 0.308 e. The van der Waals surface area contributed by atoms with Crippen molar-refractivity contribution in [1.29, 1.82) is 0 Å². The molecular formula is C38H56O15. The highest BCUT2D eigenvalue weighted by Gasteiger charge is 2.75. The standard InChI is InChI=1S/C38H56O15/c1-13-21(5)52-37-17-15-26(43)50-31(37)27-30(48-23(7)40)36(12,46)18-38(27,53-25(9)42)29(44)20(4)14-16-35(10,11)32(49-24(8)41)28(47-22(6)39)33(37)51-34(45)19(2)3/h14,16,19-21,27-28,30-33,46H,13,15,17-18H2,1-12H3/b16-14+/t20-,21?,27+,28-,30+,31+,32+,33+,36+,37-,38+/m0/s1. The fraction of sp³-hybridized carbons (Fsp3) is 0.763. The lowest BCUT2D eigenvalue weighted by Crippen LogP contribution is -2.72. The van der Waals surface area contributed by atoms with Crippen LogP contribution in [0.15, 0.2) is 12.2 Å². The van der Waals surface area contributed by atoms with E-state index in [-0.39, 0.29) is 12.8 Å². The van der Waals surface area contributed by atoms with Crippen LogP contribution in [0.25, 0.3) is 0 Å². The van der Waals surface area contributed by atoms with Crippen molar-refractivity contribution in [2.45, 2.75) is 162 Å². The average molecular weight is 753 g/mol. The Morgan fingerprint density at radius 1 is 0.868 bits per heavy atom. The van der Waals surface area contributed by atoms with Gasteiger partial charge in [-0.1, -0.05) is 53.7 Å². The van der Waals surface area contributed by atoms with Gasteiger partial charge in [-0.2, -0.15) is 0 Å². The fourth-order valence-corrected chi connectivity index (χ4v) is 7.86. The molecular weight excluding hydrogens is 696 g/mol. The van der Waals surface area contributed by atoms with Gasteiger partial charge >= 0.3 is 35.8 Å². The molecule has 0 amide bonds. The Hall–Kier alpha value is -3.85. The van der Waals surface area contributed by atoms with E-state index in [4.69, 9.17) is 33.2 Å². The summed E-state index contributed by atoms with van der Waals surface area (Å²) in [5.41, 5.74) is -7.82. The summed E-state index contributed by atoms with van der Waals surface area (Å²) in [6, 6.07) is 0. The van der Waals surface area contributed by atoms with Crippen LogP contribution >= 0.6 is 0 Å². The van der Waals surface area contributed by atoms with Crippen molar-refractivity contribution in [3.63, 3.8) is 0 Å². The predicted molar refractivity (Wildman–Crippen MR) is 184 cm³/mol. The molecule has 1 saturated carbocycles. The van der Waals surface area contributed by atoms with Crippen molar-refractivity contribution in [1.82, 2.24) is 0 Å². The second-order valence-electron chi connectivity index (χ2n) is 15.7. The summed E-state index contributed by atoms with van der Waals surface area (Å²) in [7, 11) is 0. The Morgan fingerprint density at radius 3 is 1.94 bits per heavy atom. The molecule has 3 aliphatic rings. The van der Waals surface area contributed by atoms with Gasteiger partial charge in [0, 0.05) is 51.9 Å². The second-order valence-corrected chi connectivity index (χ2v) is 15.7. The molecule has 1 aliphatic heterocycles. The van der Waals surface area contributed by atoms with Crippen LogP contribution in [-0.4, -0.2) is 100 Å². The number of fused-ring (bicyclic) bond motifs is 3. The van der Waals surface area contributed by atoms with Crippen molar-refractivity contribution in [3.05, 3.63) is 12.2 Å². The van der Waals surface area contributed by atoms with Gasteiger partial charge in [-0.05, 0) is 26.7 Å². The molecule has 1 saturated heterocycles. The summed E-state index contributed by atoms with van der Waals surface area (Å²) in [4.78, 5) is 94.0. The average Bonchev–Trinajstić information content (AvgIpc) is 3.24. The maximum Gasteiger partial charge on any atom is 0.308 e. The van der Waals surface area contributed by atoms with E-state index in [2.05, 4.69) is 0 Å². The van der Waals surface area contributed by atoms with Gasteiger partial charge in [0.05, 0.1) is 17.9 Å². The van der Waals surface area contributed by atoms with Gasteiger partial charge in [0.1, 0.15) is 23.4 Å². The summed E-state index contributed by atoms with van der Waals surface area (Å²) >= 11 is 0. The van der Waals surface area contributed by atoms with Crippen molar-refractivity contribution < 1.29 is 71.8 Å². The SMILES string of the molecule is CCC(C)O[C@@]12CCC(=O)O[C@@H]1[C@H]1[C@@H](OC(C)=O)[C@](C)(O)C[C@]1(OC(C)=O)C(=O)[C@@H](C)/C=C/C(C)(C)[C@H](OC(C)=O)[C@H](OC(C)=O)[C@H]2OC(=O)C(C)C. The van der Waals surface area contributed by atoms with E-state index in [0.717, 1.165) is 27.7 Å². The number of ketones is 1. The van der Waals surface area contributed by atoms with E-state index in [1.807, 2.05) is 0 Å². The Kier molecular flexibility index (Phi) is 13.4. The van der Waals surface area contributed by atoms with E-state index < -0.39 is 125 Å². The number of hydrogen-bond donors (Lipinski definition) is 1. The zero-order valence-corrected chi connectivity index (χ0v) is 32.8. The Morgan fingerprint density at radius 2 is 1.43 bits per heavy atom. The number of carbonyl (C=O) groups is 7. The molecule has 0 radical (unpaired) electrons. The molecule has 0 aromatic rings. The highest BCUT2D eigenvalue weighted by molar-refractivity contribution is 5.94. The minimum absolute atomic E-state index is 0.303. The molecule has 1 heterocycles. The van der Waals surface area contributed by atoms with Crippen LogP contribution in [0.5, 0.6) is 0 Å². The minimum Gasteiger partial charge on any atom is -0.459 e. The first-order valence-electron chi connectivity index (χ1n) is 18.1. The first-order chi connectivity index (χ1) is 24.3. The van der Waals surface area contributed by atoms with Crippen LogP contribution in [0.2, 0.25) is 0 Å².